The summed E-state index contributed by atoms with van der Waals surface area (Å²) in [6.07, 6.45) is 0.500. The van der Waals surface area contributed by atoms with Crippen LogP contribution in [0.3, 0.4) is 0 Å². The van der Waals surface area contributed by atoms with Crippen LogP contribution in [0.1, 0.15) is 18.4 Å². The Hall–Kier alpha value is -0.760. The van der Waals surface area contributed by atoms with Crippen LogP contribution in [0.2, 0.25) is 0 Å². The topological polar surface area (TPSA) is 87.3 Å². The molecule has 0 aromatic carbocycles. The predicted octanol–water partition coefficient (Wildman–Crippen LogP) is 0.0264. The monoisotopic (exact) mass is 231 g/mol. The Kier molecular flexibility index (Phi) is 4.89. The molecule has 0 spiro atoms. The molecule has 0 aliphatic heterocycles. The van der Waals surface area contributed by atoms with E-state index in [4.69, 9.17) is 10.9 Å². The van der Waals surface area contributed by atoms with Crippen molar-refractivity contribution < 1.29 is 5.11 Å². The molecule has 0 amide bonds. The van der Waals surface area contributed by atoms with Crippen molar-refractivity contribution in [3.8, 4) is 0 Å². The Labute approximate surface area is 93.1 Å². The molecule has 0 aliphatic rings. The molecule has 1 heterocycles. The number of aliphatic hydroxyl groups is 1. The van der Waals surface area contributed by atoms with Crippen molar-refractivity contribution >= 4 is 16.5 Å². The number of aromatic nitrogens is 2. The third kappa shape index (κ3) is 4.52. The standard InChI is InChI=1S/C8H17N5OS/c1-6(14)3-4-13(2)5-7-11-12-8(10-9)15-7/h6,14H,3-5,9H2,1-2H3,(H,10,12). The number of aliphatic hydroxyl groups excluding tert-OH is 1. The number of nitrogens with one attached hydrogen (secondary N) is 1. The quantitative estimate of drug-likeness (QED) is 0.473. The molecular weight excluding hydrogens is 214 g/mol. The zero-order valence-electron chi connectivity index (χ0n) is 8.97. The van der Waals surface area contributed by atoms with Crippen molar-refractivity contribution in [2.24, 2.45) is 5.84 Å². The second-order valence-corrected chi connectivity index (χ2v) is 4.58. The van der Waals surface area contributed by atoms with Gasteiger partial charge >= 0.3 is 0 Å². The number of rotatable bonds is 6. The van der Waals surface area contributed by atoms with Gasteiger partial charge in [-0.3, -0.25) is 10.3 Å². The van der Waals surface area contributed by atoms with Gasteiger partial charge in [-0.05, 0) is 20.4 Å². The van der Waals surface area contributed by atoms with Gasteiger partial charge in [0.05, 0.1) is 12.6 Å². The first kappa shape index (κ1) is 12.3. The maximum atomic E-state index is 9.13. The average Bonchev–Trinajstić information content (AvgIpc) is 2.62. The highest BCUT2D eigenvalue weighted by Crippen LogP contribution is 2.15. The molecule has 1 aromatic rings. The maximum Gasteiger partial charge on any atom is 0.219 e. The molecule has 0 saturated heterocycles. The first-order valence-electron chi connectivity index (χ1n) is 4.77. The molecule has 0 bridgehead atoms. The van der Waals surface area contributed by atoms with Crippen molar-refractivity contribution in [3.63, 3.8) is 0 Å². The van der Waals surface area contributed by atoms with Crippen LogP contribution in [-0.4, -0.2) is 39.9 Å². The molecule has 1 unspecified atom stereocenters. The van der Waals surface area contributed by atoms with Crippen LogP contribution >= 0.6 is 11.3 Å². The van der Waals surface area contributed by atoms with Crippen molar-refractivity contribution in [3.05, 3.63) is 5.01 Å². The Morgan fingerprint density at radius 2 is 2.33 bits per heavy atom. The molecule has 0 radical (unpaired) electrons. The highest BCUT2D eigenvalue weighted by Gasteiger charge is 2.07. The maximum absolute atomic E-state index is 9.13. The van der Waals surface area contributed by atoms with E-state index in [1.54, 1.807) is 6.92 Å². The fraction of sp³-hybridized carbons (Fsp3) is 0.750. The number of nitrogens with zero attached hydrogens (tertiary/aromatic N) is 3. The molecule has 1 rings (SSSR count). The molecule has 15 heavy (non-hydrogen) atoms. The highest BCUT2D eigenvalue weighted by molar-refractivity contribution is 7.15. The number of nitrogen functional groups attached to an aromatic ring is 1. The van der Waals surface area contributed by atoms with Gasteiger partial charge in [0.25, 0.3) is 0 Å². The molecule has 86 valence electrons. The first-order chi connectivity index (χ1) is 7.11. The van der Waals surface area contributed by atoms with E-state index in [1.165, 1.54) is 11.3 Å². The largest absolute Gasteiger partial charge is 0.393 e. The molecule has 6 nitrogen and oxygen atoms in total. The van der Waals surface area contributed by atoms with Gasteiger partial charge in [-0.25, -0.2) is 5.84 Å². The lowest BCUT2D eigenvalue weighted by Crippen LogP contribution is -2.21. The molecule has 7 heteroatoms. The third-order valence-corrected chi connectivity index (χ3v) is 2.76. The van der Waals surface area contributed by atoms with Gasteiger partial charge in [-0.2, -0.15) is 0 Å². The Morgan fingerprint density at radius 1 is 1.60 bits per heavy atom. The molecule has 1 atom stereocenters. The van der Waals surface area contributed by atoms with Crippen molar-refractivity contribution in [1.82, 2.24) is 15.1 Å². The van der Waals surface area contributed by atoms with Crippen LogP contribution in [-0.2, 0) is 6.54 Å². The van der Waals surface area contributed by atoms with Crippen molar-refractivity contribution in [2.45, 2.75) is 26.0 Å². The van der Waals surface area contributed by atoms with Crippen LogP contribution < -0.4 is 11.3 Å². The summed E-state index contributed by atoms with van der Waals surface area (Å²) in [7, 11) is 1.99. The van der Waals surface area contributed by atoms with E-state index in [-0.39, 0.29) is 6.10 Å². The van der Waals surface area contributed by atoms with Gasteiger partial charge in [0.2, 0.25) is 5.13 Å². The van der Waals surface area contributed by atoms with Crippen LogP contribution in [0.5, 0.6) is 0 Å². The summed E-state index contributed by atoms with van der Waals surface area (Å²) >= 11 is 1.43. The minimum Gasteiger partial charge on any atom is -0.393 e. The summed E-state index contributed by atoms with van der Waals surface area (Å²) < 4.78 is 0. The Morgan fingerprint density at radius 3 is 2.87 bits per heavy atom. The van der Waals surface area contributed by atoms with Crippen molar-refractivity contribution in [1.29, 1.82) is 0 Å². The zero-order valence-corrected chi connectivity index (χ0v) is 9.79. The van der Waals surface area contributed by atoms with Crippen LogP contribution in [0.25, 0.3) is 0 Å². The number of hydrogen-bond donors (Lipinski definition) is 3. The Bertz CT molecular complexity index is 290. The number of hydrazine groups is 1. The molecular formula is C8H17N5OS. The van der Waals surface area contributed by atoms with Crippen LogP contribution in [0.15, 0.2) is 0 Å². The van der Waals surface area contributed by atoms with Crippen LogP contribution in [0, 0.1) is 0 Å². The molecule has 0 aliphatic carbocycles. The third-order valence-electron chi connectivity index (χ3n) is 1.92. The highest BCUT2D eigenvalue weighted by atomic mass is 32.1. The zero-order chi connectivity index (χ0) is 11.3. The summed E-state index contributed by atoms with van der Waals surface area (Å²) in [4.78, 5) is 2.09. The summed E-state index contributed by atoms with van der Waals surface area (Å²) in [5.74, 6) is 5.20. The minimum absolute atomic E-state index is 0.261. The predicted molar refractivity (Wildman–Crippen MR) is 60.4 cm³/mol. The lowest BCUT2D eigenvalue weighted by atomic mass is 10.3. The summed E-state index contributed by atoms with van der Waals surface area (Å²) in [6.45, 7) is 3.35. The summed E-state index contributed by atoms with van der Waals surface area (Å²) in [5, 5.41) is 18.5. The Balaban J connectivity index is 2.33. The van der Waals surface area contributed by atoms with E-state index in [1.807, 2.05) is 7.05 Å². The first-order valence-corrected chi connectivity index (χ1v) is 5.59. The number of anilines is 1. The lowest BCUT2D eigenvalue weighted by Gasteiger charge is -2.15. The normalized spacial score (nSPS) is 13.1. The van der Waals surface area contributed by atoms with Gasteiger partial charge in [0, 0.05) is 6.54 Å². The van der Waals surface area contributed by atoms with Gasteiger partial charge in [0.1, 0.15) is 5.01 Å². The van der Waals surface area contributed by atoms with Gasteiger partial charge in [0.15, 0.2) is 0 Å². The van der Waals surface area contributed by atoms with Gasteiger partial charge in [-0.1, -0.05) is 11.3 Å². The second-order valence-electron chi connectivity index (χ2n) is 3.52. The number of hydrogen-bond acceptors (Lipinski definition) is 7. The summed E-state index contributed by atoms with van der Waals surface area (Å²) in [6, 6.07) is 0. The van der Waals surface area contributed by atoms with E-state index in [0.717, 1.165) is 24.5 Å². The molecule has 4 N–H and O–H groups in total. The van der Waals surface area contributed by atoms with Crippen LogP contribution in [0.4, 0.5) is 5.13 Å². The average molecular weight is 231 g/mol. The minimum atomic E-state index is -0.261. The van der Waals surface area contributed by atoms with Gasteiger partial charge < -0.3 is 5.11 Å². The molecule has 0 fully saturated rings. The number of nitrogens with two attached hydrogens (primary N) is 1. The summed E-state index contributed by atoms with van der Waals surface area (Å²) in [5.41, 5.74) is 2.46. The smallest absolute Gasteiger partial charge is 0.219 e. The van der Waals surface area contributed by atoms with Gasteiger partial charge in [-0.15, -0.1) is 10.2 Å². The van der Waals surface area contributed by atoms with E-state index in [2.05, 4.69) is 20.5 Å². The van der Waals surface area contributed by atoms with Crippen molar-refractivity contribution in [2.75, 3.05) is 19.0 Å². The fourth-order valence-electron chi connectivity index (χ4n) is 1.09. The SMILES string of the molecule is CC(O)CCN(C)Cc1nnc(NN)s1. The fourth-order valence-corrected chi connectivity index (χ4v) is 1.82. The van der Waals surface area contributed by atoms with E-state index < -0.39 is 0 Å². The molecule has 1 aromatic heterocycles. The second kappa shape index (κ2) is 5.96. The lowest BCUT2D eigenvalue weighted by molar-refractivity contribution is 0.163. The molecule has 0 saturated carbocycles. The van der Waals surface area contributed by atoms with E-state index >= 15 is 0 Å². The van der Waals surface area contributed by atoms with E-state index in [9.17, 15) is 0 Å². The van der Waals surface area contributed by atoms with E-state index in [0.29, 0.717) is 5.13 Å².